The van der Waals surface area contributed by atoms with Crippen molar-refractivity contribution in [3.63, 3.8) is 0 Å². The molecule has 0 aliphatic heterocycles. The first-order valence-corrected chi connectivity index (χ1v) is 5.76. The van der Waals surface area contributed by atoms with Gasteiger partial charge in [0.15, 0.2) is 0 Å². The van der Waals surface area contributed by atoms with Gasteiger partial charge in [-0.25, -0.2) is 0 Å². The lowest BCUT2D eigenvalue weighted by Crippen LogP contribution is -2.19. The summed E-state index contributed by atoms with van der Waals surface area (Å²) in [5.41, 5.74) is 2.29. The maximum Gasteiger partial charge on any atom is 0.0949 e. The molecule has 2 rings (SSSR count). The van der Waals surface area contributed by atoms with E-state index in [-0.39, 0.29) is 6.61 Å². The van der Waals surface area contributed by atoms with Crippen molar-refractivity contribution in [1.29, 1.82) is 0 Å². The highest BCUT2D eigenvalue weighted by Gasteiger charge is 2.10. The van der Waals surface area contributed by atoms with Gasteiger partial charge in [-0.2, -0.15) is 0 Å². The molecule has 0 aliphatic rings. The number of rotatable bonds is 5. The van der Waals surface area contributed by atoms with Crippen molar-refractivity contribution in [3.8, 4) is 0 Å². The Morgan fingerprint density at radius 3 is 2.82 bits per heavy atom. The van der Waals surface area contributed by atoms with Gasteiger partial charge < -0.3 is 20.1 Å². The lowest BCUT2D eigenvalue weighted by atomic mass is 10.2. The first-order chi connectivity index (χ1) is 8.26. The number of aliphatic hydroxyl groups is 2. The fraction of sp³-hybridized carbons (Fsp3) is 0.385. The number of nitrogens with one attached hydrogen (secondary N) is 1. The minimum Gasteiger partial charge on any atom is -0.394 e. The number of para-hydroxylation sites is 1. The zero-order chi connectivity index (χ0) is 12.3. The fourth-order valence-electron chi connectivity index (χ4n) is 2.09. The van der Waals surface area contributed by atoms with Gasteiger partial charge in [0.05, 0.1) is 19.3 Å². The molecule has 92 valence electrons. The van der Waals surface area contributed by atoms with Gasteiger partial charge in [-0.15, -0.1) is 0 Å². The molecular formula is C13H18N2O2. The van der Waals surface area contributed by atoms with Crippen molar-refractivity contribution < 1.29 is 10.2 Å². The Kier molecular flexibility index (Phi) is 3.78. The van der Waals surface area contributed by atoms with Gasteiger partial charge >= 0.3 is 0 Å². The molecule has 1 atom stereocenters. The summed E-state index contributed by atoms with van der Waals surface area (Å²) in [5.74, 6) is 0. The molecule has 2 aromatic rings. The van der Waals surface area contributed by atoms with E-state index in [1.54, 1.807) is 0 Å². The van der Waals surface area contributed by atoms with Crippen LogP contribution >= 0.6 is 0 Å². The lowest BCUT2D eigenvalue weighted by molar-refractivity contribution is 0.0822. The molecule has 4 heteroatoms. The number of fused-ring (bicyclic) bond motifs is 1. The van der Waals surface area contributed by atoms with E-state index >= 15 is 0 Å². The monoisotopic (exact) mass is 234 g/mol. The minimum absolute atomic E-state index is 0.214. The number of hydrogen-bond acceptors (Lipinski definition) is 3. The molecule has 0 saturated heterocycles. The van der Waals surface area contributed by atoms with Crippen LogP contribution in [0, 0.1) is 0 Å². The molecule has 0 spiro atoms. The van der Waals surface area contributed by atoms with Crippen LogP contribution in [0.1, 0.15) is 5.56 Å². The SMILES string of the molecule is CNCc1cn(CC(O)CO)c2ccccc12. The predicted molar refractivity (Wildman–Crippen MR) is 67.8 cm³/mol. The Morgan fingerprint density at radius 1 is 1.35 bits per heavy atom. The molecule has 1 unspecified atom stereocenters. The summed E-state index contributed by atoms with van der Waals surface area (Å²) in [6.07, 6.45) is 1.31. The van der Waals surface area contributed by atoms with E-state index in [9.17, 15) is 5.11 Å². The average molecular weight is 234 g/mol. The second-order valence-corrected chi connectivity index (χ2v) is 4.19. The molecule has 4 nitrogen and oxygen atoms in total. The van der Waals surface area contributed by atoms with E-state index in [0.717, 1.165) is 12.1 Å². The van der Waals surface area contributed by atoms with Crippen molar-refractivity contribution in [3.05, 3.63) is 36.0 Å². The number of aliphatic hydroxyl groups excluding tert-OH is 2. The van der Waals surface area contributed by atoms with E-state index in [4.69, 9.17) is 5.11 Å². The number of benzene rings is 1. The van der Waals surface area contributed by atoms with E-state index in [2.05, 4.69) is 11.4 Å². The molecular weight excluding hydrogens is 216 g/mol. The molecule has 0 aliphatic carbocycles. The van der Waals surface area contributed by atoms with Gasteiger partial charge in [-0.05, 0) is 18.7 Å². The summed E-state index contributed by atoms with van der Waals surface area (Å²) < 4.78 is 1.99. The predicted octanol–water partition coefficient (Wildman–Crippen LogP) is 0.714. The summed E-state index contributed by atoms with van der Waals surface area (Å²) in [4.78, 5) is 0. The van der Waals surface area contributed by atoms with Gasteiger partial charge in [0, 0.05) is 23.6 Å². The van der Waals surface area contributed by atoms with Crippen LogP contribution in [0.5, 0.6) is 0 Å². The van der Waals surface area contributed by atoms with Crippen LogP contribution in [0.25, 0.3) is 10.9 Å². The number of nitrogens with zero attached hydrogens (tertiary/aromatic N) is 1. The minimum atomic E-state index is -0.715. The van der Waals surface area contributed by atoms with Crippen LogP contribution in [-0.2, 0) is 13.1 Å². The molecule has 0 saturated carbocycles. The third-order valence-electron chi connectivity index (χ3n) is 2.86. The molecule has 1 heterocycles. The molecule has 0 fully saturated rings. The molecule has 0 bridgehead atoms. The van der Waals surface area contributed by atoms with Crippen LogP contribution < -0.4 is 5.32 Å². The summed E-state index contributed by atoms with van der Waals surface area (Å²) in [5, 5.41) is 22.7. The second-order valence-electron chi connectivity index (χ2n) is 4.19. The molecule has 1 aromatic carbocycles. The summed E-state index contributed by atoms with van der Waals surface area (Å²) in [7, 11) is 1.91. The Bertz CT molecular complexity index is 493. The van der Waals surface area contributed by atoms with Gasteiger partial charge in [0.2, 0.25) is 0 Å². The third kappa shape index (κ3) is 2.49. The first-order valence-electron chi connectivity index (χ1n) is 5.76. The maximum absolute atomic E-state index is 9.52. The highest BCUT2D eigenvalue weighted by molar-refractivity contribution is 5.83. The first kappa shape index (κ1) is 12.1. The molecule has 17 heavy (non-hydrogen) atoms. The summed E-state index contributed by atoms with van der Waals surface area (Å²) in [6.45, 7) is 0.997. The smallest absolute Gasteiger partial charge is 0.0949 e. The van der Waals surface area contributed by atoms with Crippen LogP contribution in [0.3, 0.4) is 0 Å². The normalized spacial score (nSPS) is 13.1. The molecule has 0 radical (unpaired) electrons. The van der Waals surface area contributed by atoms with Crippen molar-refractivity contribution in [2.24, 2.45) is 0 Å². The summed E-state index contributed by atoms with van der Waals surface area (Å²) in [6, 6.07) is 8.09. The van der Waals surface area contributed by atoms with Crippen molar-refractivity contribution >= 4 is 10.9 Å². The topological polar surface area (TPSA) is 57.4 Å². The maximum atomic E-state index is 9.52. The van der Waals surface area contributed by atoms with E-state index < -0.39 is 6.10 Å². The van der Waals surface area contributed by atoms with Crippen LogP contribution in [0.15, 0.2) is 30.5 Å². The number of hydrogen-bond donors (Lipinski definition) is 3. The summed E-state index contributed by atoms with van der Waals surface area (Å²) >= 11 is 0. The van der Waals surface area contributed by atoms with Crippen molar-refractivity contribution in [1.82, 2.24) is 9.88 Å². The van der Waals surface area contributed by atoms with E-state index in [1.807, 2.05) is 36.0 Å². The van der Waals surface area contributed by atoms with Crippen molar-refractivity contribution in [2.75, 3.05) is 13.7 Å². The van der Waals surface area contributed by atoms with Crippen LogP contribution in [0.2, 0.25) is 0 Å². The number of aromatic nitrogens is 1. The lowest BCUT2D eigenvalue weighted by Gasteiger charge is -2.09. The highest BCUT2D eigenvalue weighted by atomic mass is 16.3. The zero-order valence-corrected chi connectivity index (χ0v) is 9.93. The average Bonchev–Trinajstić information content (AvgIpc) is 2.69. The Labute approximate surface area is 100 Å². The highest BCUT2D eigenvalue weighted by Crippen LogP contribution is 2.21. The van der Waals surface area contributed by atoms with Gasteiger partial charge in [0.1, 0.15) is 0 Å². The molecule has 3 N–H and O–H groups in total. The van der Waals surface area contributed by atoms with E-state index in [0.29, 0.717) is 6.54 Å². The molecule has 0 amide bonds. The fourth-order valence-corrected chi connectivity index (χ4v) is 2.09. The Balaban J connectivity index is 2.41. The quantitative estimate of drug-likeness (QED) is 0.714. The Hall–Kier alpha value is -1.36. The third-order valence-corrected chi connectivity index (χ3v) is 2.86. The largest absolute Gasteiger partial charge is 0.394 e. The van der Waals surface area contributed by atoms with E-state index in [1.165, 1.54) is 10.9 Å². The Morgan fingerprint density at radius 2 is 2.12 bits per heavy atom. The second kappa shape index (κ2) is 5.31. The zero-order valence-electron chi connectivity index (χ0n) is 9.93. The molecule has 1 aromatic heterocycles. The van der Waals surface area contributed by atoms with Crippen molar-refractivity contribution in [2.45, 2.75) is 19.2 Å². The van der Waals surface area contributed by atoms with Gasteiger partial charge in [-0.1, -0.05) is 18.2 Å². The van der Waals surface area contributed by atoms with Crippen LogP contribution in [0.4, 0.5) is 0 Å². The van der Waals surface area contributed by atoms with Gasteiger partial charge in [-0.3, -0.25) is 0 Å². The standard InChI is InChI=1S/C13H18N2O2/c1-14-6-10-7-15(8-11(17)9-16)13-5-3-2-4-12(10)13/h2-5,7,11,14,16-17H,6,8-9H2,1H3. The van der Waals surface area contributed by atoms with Gasteiger partial charge in [0.25, 0.3) is 0 Å². The van der Waals surface area contributed by atoms with Crippen LogP contribution in [-0.4, -0.2) is 34.5 Å².